The van der Waals surface area contributed by atoms with Crippen molar-refractivity contribution in [1.29, 1.82) is 0 Å². The van der Waals surface area contributed by atoms with E-state index in [1.165, 1.54) is 11.1 Å². The van der Waals surface area contributed by atoms with Gasteiger partial charge in [0.1, 0.15) is 0 Å². The summed E-state index contributed by atoms with van der Waals surface area (Å²) in [4.78, 5) is 14.3. The Morgan fingerprint density at radius 2 is 1.36 bits per heavy atom. The summed E-state index contributed by atoms with van der Waals surface area (Å²) >= 11 is 0. The molecule has 2 aromatic carbocycles. The molecule has 1 saturated carbocycles. The van der Waals surface area contributed by atoms with E-state index in [0.29, 0.717) is 6.04 Å². The van der Waals surface area contributed by atoms with Crippen LogP contribution in [0.2, 0.25) is 0 Å². The maximum atomic E-state index is 11.8. The number of nitrogens with two attached hydrogens (primary N) is 1. The molecule has 0 spiro atoms. The van der Waals surface area contributed by atoms with Gasteiger partial charge in [0.15, 0.2) is 0 Å². The molecule has 132 valence electrons. The molecule has 0 aliphatic heterocycles. The van der Waals surface area contributed by atoms with E-state index in [4.69, 9.17) is 5.84 Å². The number of hydrogen-bond donors (Lipinski definition) is 2. The first-order chi connectivity index (χ1) is 12.3. The van der Waals surface area contributed by atoms with E-state index >= 15 is 0 Å². The predicted molar refractivity (Wildman–Crippen MR) is 100 cm³/mol. The van der Waals surface area contributed by atoms with Gasteiger partial charge in [0.05, 0.1) is 0 Å². The van der Waals surface area contributed by atoms with Crippen LogP contribution in [0, 0.1) is 5.92 Å². The highest BCUT2D eigenvalue weighted by Crippen LogP contribution is 2.29. The van der Waals surface area contributed by atoms with Crippen LogP contribution in [0.25, 0.3) is 0 Å². The van der Waals surface area contributed by atoms with E-state index in [2.05, 4.69) is 71.0 Å². The van der Waals surface area contributed by atoms with E-state index in [0.717, 1.165) is 38.8 Å². The average molecular weight is 337 g/mol. The monoisotopic (exact) mass is 337 g/mol. The number of hydrogen-bond acceptors (Lipinski definition) is 3. The number of nitrogens with one attached hydrogen (secondary N) is 1. The molecule has 0 aromatic heterocycles. The molecule has 0 atom stereocenters. The second kappa shape index (κ2) is 8.79. The van der Waals surface area contributed by atoms with E-state index in [-0.39, 0.29) is 11.8 Å². The molecule has 0 bridgehead atoms. The molecule has 1 aliphatic rings. The van der Waals surface area contributed by atoms with Gasteiger partial charge in [0.25, 0.3) is 0 Å². The van der Waals surface area contributed by atoms with Gasteiger partial charge in [0, 0.05) is 25.0 Å². The topological polar surface area (TPSA) is 58.4 Å². The zero-order valence-corrected chi connectivity index (χ0v) is 14.6. The van der Waals surface area contributed by atoms with E-state index in [1.807, 2.05) is 0 Å². The zero-order valence-electron chi connectivity index (χ0n) is 14.6. The van der Waals surface area contributed by atoms with Crippen molar-refractivity contribution in [1.82, 2.24) is 10.3 Å². The number of benzene rings is 2. The molecule has 3 N–H and O–H groups in total. The minimum atomic E-state index is -0.0175. The number of carbonyl (C=O) groups excluding carboxylic acids is 1. The average Bonchev–Trinajstić information content (AvgIpc) is 2.68. The van der Waals surface area contributed by atoms with Crippen LogP contribution >= 0.6 is 0 Å². The van der Waals surface area contributed by atoms with Crippen LogP contribution in [0.4, 0.5) is 0 Å². The van der Waals surface area contributed by atoms with Crippen molar-refractivity contribution in [3.63, 3.8) is 0 Å². The molecule has 4 nitrogen and oxygen atoms in total. The summed E-state index contributed by atoms with van der Waals surface area (Å²) in [5.41, 5.74) is 4.97. The van der Waals surface area contributed by atoms with Crippen molar-refractivity contribution in [2.45, 2.75) is 44.8 Å². The van der Waals surface area contributed by atoms with Gasteiger partial charge in [-0.1, -0.05) is 60.7 Å². The molecule has 0 saturated heterocycles. The molecule has 1 aliphatic carbocycles. The second-order valence-electron chi connectivity index (χ2n) is 6.89. The number of carbonyl (C=O) groups is 1. The minimum absolute atomic E-state index is 0.0175. The Bertz CT molecular complexity index is 610. The standard InChI is InChI=1S/C21H27N3O/c22-23-21(25)19-11-13-20(14-12-19)24(15-17-7-3-1-4-8-17)16-18-9-5-2-6-10-18/h1-10,19-20H,11-16,22H2,(H,23,25). The lowest BCUT2D eigenvalue weighted by molar-refractivity contribution is -0.126. The Morgan fingerprint density at radius 3 is 1.80 bits per heavy atom. The lowest BCUT2D eigenvalue weighted by Gasteiger charge is -2.36. The summed E-state index contributed by atoms with van der Waals surface area (Å²) in [6.45, 7) is 1.88. The largest absolute Gasteiger partial charge is 0.294 e. The Labute approximate surface area is 150 Å². The highest BCUT2D eigenvalue weighted by molar-refractivity contribution is 5.78. The fourth-order valence-electron chi connectivity index (χ4n) is 3.77. The van der Waals surface area contributed by atoms with E-state index < -0.39 is 0 Å². The SMILES string of the molecule is NNC(=O)C1CCC(N(Cc2ccccc2)Cc2ccccc2)CC1. The first-order valence-electron chi connectivity index (χ1n) is 9.08. The molecule has 2 aromatic rings. The third-order valence-electron chi connectivity index (χ3n) is 5.18. The fraction of sp³-hybridized carbons (Fsp3) is 0.381. The van der Waals surface area contributed by atoms with Gasteiger partial charge in [-0.15, -0.1) is 0 Å². The van der Waals surface area contributed by atoms with Gasteiger partial charge in [-0.2, -0.15) is 0 Å². The summed E-state index contributed by atoms with van der Waals surface area (Å²) in [6.07, 6.45) is 3.90. The maximum Gasteiger partial charge on any atom is 0.236 e. The van der Waals surface area contributed by atoms with Gasteiger partial charge in [-0.05, 0) is 36.8 Å². The maximum absolute atomic E-state index is 11.8. The van der Waals surface area contributed by atoms with Crippen molar-refractivity contribution in [3.05, 3.63) is 71.8 Å². The van der Waals surface area contributed by atoms with Gasteiger partial charge >= 0.3 is 0 Å². The molecule has 1 fully saturated rings. The summed E-state index contributed by atoms with van der Waals surface area (Å²) < 4.78 is 0. The Balaban J connectivity index is 1.69. The third-order valence-corrected chi connectivity index (χ3v) is 5.18. The Hall–Kier alpha value is -2.17. The van der Waals surface area contributed by atoms with Crippen molar-refractivity contribution in [3.8, 4) is 0 Å². The normalized spacial score (nSPS) is 20.4. The molecule has 0 radical (unpaired) electrons. The quantitative estimate of drug-likeness (QED) is 0.483. The van der Waals surface area contributed by atoms with Crippen molar-refractivity contribution in [2.75, 3.05) is 0 Å². The van der Waals surface area contributed by atoms with Crippen LogP contribution in [-0.2, 0) is 17.9 Å². The van der Waals surface area contributed by atoms with Crippen LogP contribution in [-0.4, -0.2) is 16.8 Å². The molecule has 1 amide bonds. The van der Waals surface area contributed by atoms with Crippen molar-refractivity contribution in [2.24, 2.45) is 11.8 Å². The van der Waals surface area contributed by atoms with Gasteiger partial charge in [0.2, 0.25) is 5.91 Å². The van der Waals surface area contributed by atoms with Crippen LogP contribution in [0.15, 0.2) is 60.7 Å². The lowest BCUT2D eigenvalue weighted by Crippen LogP contribution is -2.42. The molecule has 25 heavy (non-hydrogen) atoms. The number of nitrogens with zero attached hydrogens (tertiary/aromatic N) is 1. The third kappa shape index (κ3) is 4.91. The number of hydrazine groups is 1. The lowest BCUT2D eigenvalue weighted by atomic mass is 9.84. The molecular weight excluding hydrogens is 310 g/mol. The minimum Gasteiger partial charge on any atom is -0.294 e. The highest BCUT2D eigenvalue weighted by Gasteiger charge is 2.29. The summed E-state index contributed by atoms with van der Waals surface area (Å²) in [5, 5.41) is 0. The number of rotatable bonds is 6. The smallest absolute Gasteiger partial charge is 0.236 e. The number of amides is 1. The van der Waals surface area contributed by atoms with Crippen LogP contribution in [0.3, 0.4) is 0 Å². The van der Waals surface area contributed by atoms with Crippen molar-refractivity contribution >= 4 is 5.91 Å². The first kappa shape index (κ1) is 17.6. The summed E-state index contributed by atoms with van der Waals surface area (Å²) in [5.74, 6) is 5.34. The Morgan fingerprint density at radius 1 is 0.880 bits per heavy atom. The molecule has 0 heterocycles. The van der Waals surface area contributed by atoms with Crippen LogP contribution < -0.4 is 11.3 Å². The fourth-order valence-corrected chi connectivity index (χ4v) is 3.77. The van der Waals surface area contributed by atoms with Gasteiger partial charge < -0.3 is 0 Å². The molecule has 4 heteroatoms. The van der Waals surface area contributed by atoms with E-state index in [1.54, 1.807) is 0 Å². The molecular formula is C21H27N3O. The second-order valence-corrected chi connectivity index (χ2v) is 6.89. The zero-order chi connectivity index (χ0) is 17.5. The van der Waals surface area contributed by atoms with Crippen LogP contribution in [0.1, 0.15) is 36.8 Å². The summed E-state index contributed by atoms with van der Waals surface area (Å²) in [6, 6.07) is 21.7. The molecule has 0 unspecified atom stereocenters. The van der Waals surface area contributed by atoms with Crippen LogP contribution in [0.5, 0.6) is 0 Å². The van der Waals surface area contributed by atoms with Gasteiger partial charge in [-0.3, -0.25) is 15.1 Å². The predicted octanol–water partition coefficient (Wildman–Crippen LogP) is 3.24. The highest BCUT2D eigenvalue weighted by atomic mass is 16.2. The van der Waals surface area contributed by atoms with Crippen molar-refractivity contribution < 1.29 is 4.79 Å². The van der Waals surface area contributed by atoms with Gasteiger partial charge in [-0.25, -0.2) is 5.84 Å². The Kier molecular flexibility index (Phi) is 6.20. The first-order valence-corrected chi connectivity index (χ1v) is 9.08. The van der Waals surface area contributed by atoms with E-state index in [9.17, 15) is 4.79 Å². The summed E-state index contributed by atoms with van der Waals surface area (Å²) in [7, 11) is 0. The molecule has 3 rings (SSSR count).